The summed E-state index contributed by atoms with van der Waals surface area (Å²) >= 11 is 5.17. The molecule has 0 spiro atoms. The van der Waals surface area contributed by atoms with Crippen molar-refractivity contribution in [1.29, 1.82) is 0 Å². The number of ether oxygens (including phenoxy) is 1. The van der Waals surface area contributed by atoms with E-state index < -0.39 is 16.1 Å². The summed E-state index contributed by atoms with van der Waals surface area (Å²) in [5.41, 5.74) is 11.5. The first-order valence-electron chi connectivity index (χ1n) is 30.0. The van der Waals surface area contributed by atoms with Crippen LogP contribution in [0.5, 0.6) is 0 Å². The van der Waals surface area contributed by atoms with Crippen LogP contribution >= 0.6 is 34.0 Å². The molecule has 27 heteroatoms. The molecule has 0 radical (unpaired) electrons. The number of nitrogens with one attached hydrogen (secondary N) is 2. The highest BCUT2D eigenvalue weighted by Gasteiger charge is 2.46. The van der Waals surface area contributed by atoms with E-state index in [2.05, 4.69) is 65.6 Å². The van der Waals surface area contributed by atoms with Gasteiger partial charge in [-0.05, 0) is 169 Å². The third-order valence-electron chi connectivity index (χ3n) is 17.0. The van der Waals surface area contributed by atoms with Crippen LogP contribution in [-0.2, 0) is 46.5 Å². The Morgan fingerprint density at radius 2 is 1.15 bits per heavy atom. The topological polar surface area (TPSA) is 294 Å². The van der Waals surface area contributed by atoms with Gasteiger partial charge in [0.2, 0.25) is 5.91 Å². The number of aryl methyl sites for hydroxylation is 2. The number of carboxylic acid groups (broad SMARTS) is 1. The van der Waals surface area contributed by atoms with E-state index in [0.29, 0.717) is 36.0 Å². The first-order chi connectivity index (χ1) is 41.8. The zero-order valence-electron chi connectivity index (χ0n) is 48.9. The Hall–Kier alpha value is -5.91. The maximum atomic E-state index is 12.4. The molecule has 1 unspecified atom stereocenters. The van der Waals surface area contributed by atoms with Crippen molar-refractivity contribution in [2.24, 2.45) is 41.2 Å². The maximum Gasteiger partial charge on any atom is 0.309 e. The average Bonchev–Trinajstić information content (AvgIpc) is 4.14. The molecule has 5 N–H and O–H groups in total. The zero-order chi connectivity index (χ0) is 60.0. The molecule has 6 atom stereocenters. The summed E-state index contributed by atoms with van der Waals surface area (Å²) < 4.78 is 54.0. The number of aromatic nitrogens is 7. The van der Waals surface area contributed by atoms with Crippen molar-refractivity contribution in [2.45, 2.75) is 101 Å². The highest BCUT2D eigenvalue weighted by Crippen LogP contribution is 2.43. The number of nitrogens with two attached hydrogens (primary N) is 1. The van der Waals surface area contributed by atoms with Crippen molar-refractivity contribution in [2.75, 3.05) is 85.4 Å². The molecule has 0 aromatic carbocycles. The van der Waals surface area contributed by atoms with Crippen LogP contribution in [0.1, 0.15) is 105 Å². The van der Waals surface area contributed by atoms with Crippen LogP contribution in [-0.4, -0.2) is 161 Å². The summed E-state index contributed by atoms with van der Waals surface area (Å²) in [7, 11) is -2.07. The largest absolute Gasteiger partial charge is 0.481 e. The van der Waals surface area contributed by atoms with Crippen LogP contribution in [0.2, 0.25) is 0 Å². The number of rotatable bonds is 20. The van der Waals surface area contributed by atoms with E-state index in [1.165, 1.54) is 39.7 Å². The molecule has 86 heavy (non-hydrogen) atoms. The maximum absolute atomic E-state index is 12.4. The van der Waals surface area contributed by atoms with E-state index in [1.54, 1.807) is 52.7 Å². The minimum Gasteiger partial charge on any atom is -0.481 e. The Kier molecular flexibility index (Phi) is 22.3. The molecular weight excluding hydrogens is 1180 g/mol. The number of amides is 1. The normalized spacial score (nSPS) is 22.6. The first kappa shape index (κ1) is 63.1. The van der Waals surface area contributed by atoms with Gasteiger partial charge in [-0.25, -0.2) is 9.97 Å². The van der Waals surface area contributed by atoms with Crippen LogP contribution in [0.15, 0.2) is 85.4 Å². The van der Waals surface area contributed by atoms with Crippen LogP contribution in [0.25, 0.3) is 30.8 Å². The van der Waals surface area contributed by atoms with Gasteiger partial charge in [0.15, 0.2) is 16.7 Å². The monoisotopic (exact) mass is 1260 g/mol. The van der Waals surface area contributed by atoms with E-state index in [4.69, 9.17) is 24.4 Å². The van der Waals surface area contributed by atoms with Gasteiger partial charge in [0.05, 0.1) is 58.6 Å². The lowest BCUT2D eigenvalue weighted by Gasteiger charge is -2.31. The Bertz CT molecular complexity index is 3460. The molecule has 8 aromatic heterocycles. The van der Waals surface area contributed by atoms with Crippen molar-refractivity contribution in [3.8, 4) is 0 Å². The summed E-state index contributed by atoms with van der Waals surface area (Å²) in [4.78, 5) is 47.0. The van der Waals surface area contributed by atoms with Gasteiger partial charge >= 0.3 is 11.9 Å². The number of thiophene rings is 3. The van der Waals surface area contributed by atoms with Crippen LogP contribution in [0.3, 0.4) is 0 Å². The van der Waals surface area contributed by atoms with Crippen LogP contribution < -0.4 is 16.4 Å². The predicted molar refractivity (Wildman–Crippen MR) is 328 cm³/mol. The van der Waals surface area contributed by atoms with Crippen molar-refractivity contribution < 1.29 is 50.4 Å². The Morgan fingerprint density at radius 1 is 0.686 bits per heavy atom. The summed E-state index contributed by atoms with van der Waals surface area (Å²) in [5, 5.41) is 34.4. The zero-order valence-corrected chi connectivity index (χ0v) is 52.1. The molecule has 466 valence electrons. The van der Waals surface area contributed by atoms with Gasteiger partial charge in [-0.15, -0.1) is 34.0 Å². The van der Waals surface area contributed by atoms with E-state index in [-0.39, 0.29) is 42.2 Å². The summed E-state index contributed by atoms with van der Waals surface area (Å²) in [6, 6.07) is 5.98. The number of fused-ring (bicyclic) bond motifs is 3. The lowest BCUT2D eigenvalue weighted by atomic mass is 9.93. The summed E-state index contributed by atoms with van der Waals surface area (Å²) in [6.45, 7) is 11.9. The molecule has 0 bridgehead atoms. The van der Waals surface area contributed by atoms with Gasteiger partial charge in [-0.1, -0.05) is 15.5 Å². The molecule has 11 heterocycles. The first-order valence-corrected chi connectivity index (χ1v) is 34.5. The number of aliphatic carboxylic acids is 1. The number of piperidine rings is 3. The quantitative estimate of drug-likeness (QED) is 0.0317. The lowest BCUT2D eigenvalue weighted by Crippen LogP contribution is -2.35. The molecule has 6 aliphatic rings. The third-order valence-corrected chi connectivity index (χ3v) is 20.3. The number of imidazole rings is 2. The van der Waals surface area contributed by atoms with E-state index in [0.717, 1.165) is 164 Å². The fourth-order valence-corrected chi connectivity index (χ4v) is 14.8. The lowest BCUT2D eigenvalue weighted by molar-refractivity contribution is -0.142. The molecule has 3 aliphatic heterocycles. The molecule has 3 aliphatic carbocycles. The number of hydrogen-bond acceptors (Lipinski definition) is 22. The van der Waals surface area contributed by atoms with Gasteiger partial charge in [-0.2, -0.15) is 8.42 Å². The second-order valence-corrected chi connectivity index (χ2v) is 27.7. The second kappa shape index (κ2) is 30.3. The summed E-state index contributed by atoms with van der Waals surface area (Å²) in [5.74, 6) is 1.73. The van der Waals surface area contributed by atoms with Crippen molar-refractivity contribution in [3.05, 3.63) is 88.9 Å². The highest BCUT2D eigenvalue weighted by atomic mass is 32.2. The number of nitrogens with zero attached hydrogens (tertiary/aromatic N) is 9. The molecule has 23 nitrogen and oxygen atoms in total. The smallest absolute Gasteiger partial charge is 0.309 e. The van der Waals surface area contributed by atoms with Gasteiger partial charge < -0.3 is 58.7 Å². The molecule has 3 saturated carbocycles. The molecule has 3 saturated heterocycles. The Morgan fingerprint density at radius 3 is 1.59 bits per heavy atom. The highest BCUT2D eigenvalue weighted by molar-refractivity contribution is 7.86. The van der Waals surface area contributed by atoms with Crippen molar-refractivity contribution >= 4 is 92.8 Å². The Balaban J connectivity index is 0.000000127. The van der Waals surface area contributed by atoms with E-state index in [9.17, 15) is 22.8 Å². The van der Waals surface area contributed by atoms with Gasteiger partial charge in [0.25, 0.3) is 10.1 Å². The number of methoxy groups -OCH3 is 1. The van der Waals surface area contributed by atoms with Crippen LogP contribution in [0, 0.1) is 35.5 Å². The van der Waals surface area contributed by atoms with Crippen molar-refractivity contribution in [3.63, 3.8) is 0 Å². The number of esters is 1. The Labute approximate surface area is 512 Å². The number of hydrogen-bond donors (Lipinski definition) is 4. The van der Waals surface area contributed by atoms with Gasteiger partial charge in [0.1, 0.15) is 17.1 Å². The van der Waals surface area contributed by atoms with E-state index in [1.807, 2.05) is 51.4 Å². The number of likely N-dealkylation sites (tertiary alicyclic amines) is 2. The number of carboxylic acids is 1. The molecular formula is C59H80N12O11S4. The average molecular weight is 1260 g/mol. The van der Waals surface area contributed by atoms with Gasteiger partial charge in [-0.3, -0.25) is 18.6 Å². The molecule has 8 aromatic rings. The van der Waals surface area contributed by atoms with Crippen molar-refractivity contribution in [1.82, 2.24) is 55.0 Å². The van der Waals surface area contributed by atoms with Crippen LogP contribution in [0.4, 0.5) is 0 Å². The predicted octanol–water partition coefficient (Wildman–Crippen LogP) is 8.26. The minimum atomic E-state index is -3.39. The minimum absolute atomic E-state index is 0.00201. The van der Waals surface area contributed by atoms with E-state index >= 15 is 0 Å². The second-order valence-electron chi connectivity index (χ2n) is 23.3. The molecule has 6 fully saturated rings. The fourth-order valence-electron chi connectivity index (χ4n) is 11.7. The molecule has 14 rings (SSSR count). The number of carbonyl (C=O) groups excluding carboxylic acids is 2. The standard InChI is InChI=1S/C21H27N5O2S.C15H18N2O3S.C10H12N2OS.C7H12O5S.C6H11N3/c27-21(23-5-1-7-26-10-6-22-14-26)17-12-16(17)13-25-8-2-15(3-9-25)19-20-18(28-24-19)4-11-29-20;18-15(19)11-7-10(11)8-17-4-1-9(2-5-17)13-14-12(20-16-13)3-6-21-14;1-4-11-5-2-7(1)9-10-8(13-12-9)3-6-14-10;1-11-7(8)6-3-5(6)4-12-13(2,9)10;7-2-1-4-9-5-3-8-6-9/h4,6,10-11,14-17H,1-3,5,7-9,12-13H2,(H,23,27);3,6,9-11H,1-2,4-5,7-8H2,(H,18,19);3,6-7,11H,1-2,4-5H2;5-6H,3-4H2,1-2H3;3,5-6H,1-2,4,7H2/t16-,17+;10-,11+;;5-,6?;/m00.0./s1. The molecule has 1 amide bonds. The third kappa shape index (κ3) is 17.7. The van der Waals surface area contributed by atoms with Gasteiger partial charge in [0, 0.05) is 81.2 Å². The summed E-state index contributed by atoms with van der Waals surface area (Å²) in [6.07, 6.45) is 23.3. The SMILES string of the molecule is COC(=O)C1C[C@H]1COS(C)(=O)=O.NCCCn1ccnc1.O=C(NCCCn1ccnc1)[C@@H]1C[C@H]1CN1CCC(c2noc3ccsc23)CC1.O=C(O)[C@@H]1C[C@H]1CN1CCC(c2noc3ccsc23)CC1.c1cc2onc(C3CCNCC3)c2s1. The fraction of sp³-hybridized carbons (Fsp3) is 0.593. The number of carbonyl (C=O) groups is 3.